The first-order valence-electron chi connectivity index (χ1n) is 5.52. The molecule has 1 aliphatic rings. The van der Waals surface area contributed by atoms with Crippen molar-refractivity contribution in [2.24, 2.45) is 0 Å². The first-order valence-corrected chi connectivity index (χ1v) is 7.39. The largest absolute Gasteiger partial charge is 0.333 e. The lowest BCUT2D eigenvalue weighted by atomic mass is 10.1. The Bertz CT molecular complexity index is 481. The highest BCUT2D eigenvalue weighted by Crippen LogP contribution is 2.30. The molecule has 0 spiro atoms. The molecule has 1 aliphatic heterocycles. The van der Waals surface area contributed by atoms with Gasteiger partial charge in [0.25, 0.3) is 11.8 Å². The summed E-state index contributed by atoms with van der Waals surface area (Å²) in [4.78, 5) is 13.5. The summed E-state index contributed by atoms with van der Waals surface area (Å²) in [6, 6.07) is 5.26. The van der Waals surface area contributed by atoms with Crippen LogP contribution in [0.15, 0.2) is 22.7 Å². The van der Waals surface area contributed by atoms with Gasteiger partial charge >= 0.3 is 0 Å². The molecule has 0 aliphatic carbocycles. The summed E-state index contributed by atoms with van der Waals surface area (Å²) in [7, 11) is 0. The van der Waals surface area contributed by atoms with Crippen LogP contribution >= 0.6 is 38.5 Å². The molecule has 6 heteroatoms. The molecule has 1 fully saturated rings. The number of likely N-dealkylation sites (tertiary alicyclic amines) is 1. The Morgan fingerprint density at radius 2 is 2.17 bits per heavy atom. The van der Waals surface area contributed by atoms with Gasteiger partial charge < -0.3 is 4.90 Å². The Morgan fingerprint density at radius 1 is 1.44 bits per heavy atom. The van der Waals surface area contributed by atoms with Gasteiger partial charge in [-0.2, -0.15) is 0 Å². The number of carbonyl (C=O) groups is 1. The zero-order chi connectivity index (χ0) is 13.3. The standard InChI is InChI=1S/C12H11BrF2INO/c13-10-8(3-1-4-9(10)16)11(18)17-6-2-5-12(14,15)7-17/h1,3-4H,2,5-7H2. The maximum absolute atomic E-state index is 13.3. The molecule has 2 nitrogen and oxygen atoms in total. The Kier molecular flexibility index (Phi) is 4.25. The molecule has 1 amide bonds. The van der Waals surface area contributed by atoms with E-state index in [2.05, 4.69) is 38.5 Å². The molecular formula is C12H11BrF2INO. The number of nitrogens with zero attached hydrogens (tertiary/aromatic N) is 1. The molecule has 0 bridgehead atoms. The summed E-state index contributed by atoms with van der Waals surface area (Å²) >= 11 is 5.43. The second-order valence-corrected chi connectivity index (χ2v) is 6.24. The molecular weight excluding hydrogens is 419 g/mol. The van der Waals surface area contributed by atoms with Crippen molar-refractivity contribution in [1.29, 1.82) is 0 Å². The zero-order valence-electron chi connectivity index (χ0n) is 9.43. The average molecular weight is 430 g/mol. The highest BCUT2D eigenvalue weighted by Gasteiger charge is 2.37. The van der Waals surface area contributed by atoms with Crippen LogP contribution in [0.5, 0.6) is 0 Å². The SMILES string of the molecule is O=C(c1cccc(I)c1Br)N1CCCC(F)(F)C1. The van der Waals surface area contributed by atoms with Crippen LogP contribution in [-0.2, 0) is 0 Å². The van der Waals surface area contributed by atoms with E-state index in [1.807, 2.05) is 6.07 Å². The summed E-state index contributed by atoms with van der Waals surface area (Å²) < 4.78 is 28.2. The van der Waals surface area contributed by atoms with E-state index >= 15 is 0 Å². The van der Waals surface area contributed by atoms with Crippen LogP contribution in [0.4, 0.5) is 8.78 Å². The Morgan fingerprint density at radius 3 is 2.83 bits per heavy atom. The van der Waals surface area contributed by atoms with Crippen molar-refractivity contribution >= 4 is 44.4 Å². The molecule has 0 radical (unpaired) electrons. The predicted octanol–water partition coefficient (Wildman–Crippen LogP) is 3.93. The number of benzene rings is 1. The smallest absolute Gasteiger partial charge is 0.265 e. The third-order valence-corrected chi connectivity index (χ3v) is 5.36. The number of piperidine rings is 1. The molecule has 18 heavy (non-hydrogen) atoms. The van der Waals surface area contributed by atoms with Gasteiger partial charge in [0.15, 0.2) is 0 Å². The van der Waals surface area contributed by atoms with Gasteiger partial charge in [0, 0.05) is 21.0 Å². The lowest BCUT2D eigenvalue weighted by Gasteiger charge is -2.32. The Labute approximate surface area is 126 Å². The molecule has 1 aromatic rings. The third kappa shape index (κ3) is 3.01. The number of hydrogen-bond donors (Lipinski definition) is 0. The van der Waals surface area contributed by atoms with Gasteiger partial charge in [0.2, 0.25) is 0 Å². The van der Waals surface area contributed by atoms with E-state index in [9.17, 15) is 13.6 Å². The number of rotatable bonds is 1. The summed E-state index contributed by atoms with van der Waals surface area (Å²) in [5, 5.41) is 0. The second-order valence-electron chi connectivity index (χ2n) is 4.29. The van der Waals surface area contributed by atoms with Crippen LogP contribution in [0.2, 0.25) is 0 Å². The van der Waals surface area contributed by atoms with Crippen molar-refractivity contribution in [2.75, 3.05) is 13.1 Å². The predicted molar refractivity (Wildman–Crippen MR) is 76.9 cm³/mol. The van der Waals surface area contributed by atoms with Crippen LogP contribution in [0.3, 0.4) is 0 Å². The van der Waals surface area contributed by atoms with Crippen molar-refractivity contribution in [3.8, 4) is 0 Å². The second kappa shape index (κ2) is 5.40. The number of alkyl halides is 2. The fourth-order valence-corrected chi connectivity index (χ4v) is 2.91. The van der Waals surface area contributed by atoms with Gasteiger partial charge in [-0.15, -0.1) is 0 Å². The molecule has 1 saturated heterocycles. The van der Waals surface area contributed by atoms with Gasteiger partial charge in [-0.25, -0.2) is 8.78 Å². The van der Waals surface area contributed by atoms with Crippen molar-refractivity contribution in [3.63, 3.8) is 0 Å². The van der Waals surface area contributed by atoms with Crippen molar-refractivity contribution in [2.45, 2.75) is 18.8 Å². The fourth-order valence-electron chi connectivity index (χ4n) is 1.98. The lowest BCUT2D eigenvalue weighted by molar-refractivity contribution is -0.0560. The number of halogens is 4. The van der Waals surface area contributed by atoms with Gasteiger partial charge in [-0.3, -0.25) is 4.79 Å². The van der Waals surface area contributed by atoms with E-state index in [1.54, 1.807) is 12.1 Å². The Balaban J connectivity index is 2.23. The first-order chi connectivity index (χ1) is 8.41. The summed E-state index contributed by atoms with van der Waals surface area (Å²) in [6.45, 7) is -0.0872. The van der Waals surface area contributed by atoms with Crippen LogP contribution < -0.4 is 0 Å². The van der Waals surface area contributed by atoms with Crippen molar-refractivity contribution < 1.29 is 13.6 Å². The highest BCUT2D eigenvalue weighted by molar-refractivity contribution is 14.1. The van der Waals surface area contributed by atoms with Gasteiger partial charge in [0.05, 0.1) is 12.1 Å². The van der Waals surface area contributed by atoms with E-state index in [0.29, 0.717) is 23.0 Å². The van der Waals surface area contributed by atoms with E-state index in [1.165, 1.54) is 4.90 Å². The maximum atomic E-state index is 13.3. The quantitative estimate of drug-likeness (QED) is 0.619. The summed E-state index contributed by atoms with van der Waals surface area (Å²) in [5.41, 5.74) is 0.444. The normalized spacial score (nSPS) is 18.8. The third-order valence-electron chi connectivity index (χ3n) is 2.86. The van der Waals surface area contributed by atoms with Crippen LogP contribution in [-0.4, -0.2) is 29.8 Å². The lowest BCUT2D eigenvalue weighted by Crippen LogP contribution is -2.45. The molecule has 0 aromatic heterocycles. The molecule has 1 aromatic carbocycles. The molecule has 0 unspecified atom stereocenters. The summed E-state index contributed by atoms with van der Waals surface area (Å²) in [6.07, 6.45) is 0.213. The Hall–Kier alpha value is -0.240. The number of carbonyl (C=O) groups excluding carboxylic acids is 1. The minimum absolute atomic E-state index is 0.135. The van der Waals surface area contributed by atoms with Crippen LogP contribution in [0.25, 0.3) is 0 Å². The summed E-state index contributed by atoms with van der Waals surface area (Å²) in [5.74, 6) is -3.10. The van der Waals surface area contributed by atoms with E-state index in [0.717, 1.165) is 3.57 Å². The average Bonchev–Trinajstić information content (AvgIpc) is 2.30. The number of amides is 1. The molecule has 0 atom stereocenters. The first kappa shape index (κ1) is 14.2. The van der Waals surface area contributed by atoms with Gasteiger partial charge in [-0.1, -0.05) is 6.07 Å². The van der Waals surface area contributed by atoms with Gasteiger partial charge in [-0.05, 0) is 57.1 Å². The minimum Gasteiger partial charge on any atom is -0.333 e. The minimum atomic E-state index is -2.76. The number of hydrogen-bond acceptors (Lipinski definition) is 1. The maximum Gasteiger partial charge on any atom is 0.265 e. The van der Waals surface area contributed by atoms with Crippen molar-refractivity contribution in [1.82, 2.24) is 4.90 Å². The van der Waals surface area contributed by atoms with Gasteiger partial charge in [0.1, 0.15) is 0 Å². The molecule has 1 heterocycles. The van der Waals surface area contributed by atoms with E-state index in [4.69, 9.17) is 0 Å². The molecule has 98 valence electrons. The molecule has 2 rings (SSSR count). The topological polar surface area (TPSA) is 20.3 Å². The van der Waals surface area contributed by atoms with E-state index in [-0.39, 0.29) is 12.3 Å². The monoisotopic (exact) mass is 429 g/mol. The van der Waals surface area contributed by atoms with Crippen molar-refractivity contribution in [3.05, 3.63) is 31.8 Å². The molecule has 0 saturated carbocycles. The van der Waals surface area contributed by atoms with E-state index < -0.39 is 12.5 Å². The van der Waals surface area contributed by atoms with Crippen LogP contribution in [0.1, 0.15) is 23.2 Å². The fraction of sp³-hybridized carbons (Fsp3) is 0.417. The van der Waals surface area contributed by atoms with Crippen LogP contribution in [0, 0.1) is 3.57 Å². The highest BCUT2D eigenvalue weighted by atomic mass is 127. The zero-order valence-corrected chi connectivity index (χ0v) is 13.2. The molecule has 0 N–H and O–H groups in total.